The maximum atomic E-state index is 12.1. The van der Waals surface area contributed by atoms with Crippen LogP contribution in [-0.4, -0.2) is 29.7 Å². The number of halogens is 1. The Balaban J connectivity index is 2.24. The second kappa shape index (κ2) is 6.23. The quantitative estimate of drug-likeness (QED) is 0.873. The van der Waals surface area contributed by atoms with Crippen LogP contribution < -0.4 is 5.32 Å². The lowest BCUT2D eigenvalue weighted by atomic mass is 10.2. The van der Waals surface area contributed by atoms with E-state index >= 15 is 0 Å². The van der Waals surface area contributed by atoms with Crippen LogP contribution >= 0.6 is 22.9 Å². The number of anilines is 1. The molecule has 0 saturated carbocycles. The first-order valence-electron chi connectivity index (χ1n) is 6.21. The van der Waals surface area contributed by atoms with Crippen LogP contribution in [0.25, 0.3) is 0 Å². The third-order valence-electron chi connectivity index (χ3n) is 2.81. The molecule has 0 aliphatic heterocycles. The number of aromatic nitrogens is 1. The first-order chi connectivity index (χ1) is 10.2. The molecule has 1 aromatic carbocycles. The second-order valence-corrected chi connectivity index (χ2v) is 8.89. The summed E-state index contributed by atoms with van der Waals surface area (Å²) < 4.78 is 24.1. The minimum absolute atomic E-state index is 0.0176. The molecule has 0 unspecified atom stereocenters. The number of hydrogen-bond acceptors (Lipinski definition) is 6. The van der Waals surface area contributed by atoms with Crippen molar-refractivity contribution in [1.82, 2.24) is 4.98 Å². The standard InChI is InChI=1S/C13H13ClN2O4S2/c1-7(2)22(19,20)11-6-15-13(21-11)16-12(18)9-5-8(14)3-4-10(9)17/h3-7,17H,1-2H3,(H,15,16,18). The zero-order valence-corrected chi connectivity index (χ0v) is 14.1. The highest BCUT2D eigenvalue weighted by Crippen LogP contribution is 2.28. The van der Waals surface area contributed by atoms with Crippen LogP contribution in [0.4, 0.5) is 5.13 Å². The SMILES string of the molecule is CC(C)S(=O)(=O)c1cnc(NC(=O)c2cc(Cl)ccc2O)s1. The molecule has 1 heterocycles. The van der Waals surface area contributed by atoms with Crippen LogP contribution in [0.1, 0.15) is 24.2 Å². The van der Waals surface area contributed by atoms with Gasteiger partial charge in [0, 0.05) is 5.02 Å². The lowest BCUT2D eigenvalue weighted by molar-refractivity contribution is 0.102. The minimum atomic E-state index is -3.44. The normalized spacial score (nSPS) is 11.6. The van der Waals surface area contributed by atoms with Crippen molar-refractivity contribution in [2.45, 2.75) is 23.3 Å². The van der Waals surface area contributed by atoms with E-state index in [0.29, 0.717) is 5.02 Å². The Kier molecular flexibility index (Phi) is 4.74. The molecule has 2 rings (SSSR count). The molecule has 1 amide bonds. The Morgan fingerprint density at radius 3 is 2.73 bits per heavy atom. The average Bonchev–Trinajstić information content (AvgIpc) is 2.90. The molecule has 2 aromatic rings. The van der Waals surface area contributed by atoms with Crippen LogP contribution in [0.3, 0.4) is 0 Å². The topological polar surface area (TPSA) is 96.4 Å². The molecule has 9 heteroatoms. The van der Waals surface area contributed by atoms with E-state index in [1.54, 1.807) is 13.8 Å². The Hall–Kier alpha value is -1.64. The molecule has 0 aliphatic rings. The van der Waals surface area contributed by atoms with E-state index in [-0.39, 0.29) is 20.7 Å². The van der Waals surface area contributed by atoms with Crippen molar-refractivity contribution in [2.24, 2.45) is 0 Å². The van der Waals surface area contributed by atoms with E-state index in [4.69, 9.17) is 11.6 Å². The molecular weight excluding hydrogens is 348 g/mol. The Labute approximate surface area is 136 Å². The molecule has 118 valence electrons. The summed E-state index contributed by atoms with van der Waals surface area (Å²) in [4.78, 5) is 15.9. The van der Waals surface area contributed by atoms with Crippen LogP contribution in [0.2, 0.25) is 5.02 Å². The summed E-state index contributed by atoms with van der Waals surface area (Å²) >= 11 is 6.63. The molecule has 0 bridgehead atoms. The highest BCUT2D eigenvalue weighted by molar-refractivity contribution is 7.94. The summed E-state index contributed by atoms with van der Waals surface area (Å²) in [6, 6.07) is 4.06. The van der Waals surface area contributed by atoms with Crippen molar-refractivity contribution in [3.63, 3.8) is 0 Å². The fraction of sp³-hybridized carbons (Fsp3) is 0.231. The minimum Gasteiger partial charge on any atom is -0.507 e. The van der Waals surface area contributed by atoms with Crippen molar-refractivity contribution in [3.8, 4) is 5.75 Å². The van der Waals surface area contributed by atoms with Gasteiger partial charge < -0.3 is 5.11 Å². The zero-order valence-electron chi connectivity index (χ0n) is 11.7. The van der Waals surface area contributed by atoms with Gasteiger partial charge in [0.25, 0.3) is 5.91 Å². The van der Waals surface area contributed by atoms with Gasteiger partial charge in [-0.2, -0.15) is 0 Å². The number of nitrogens with zero attached hydrogens (tertiary/aromatic N) is 1. The molecule has 6 nitrogen and oxygen atoms in total. The van der Waals surface area contributed by atoms with E-state index in [1.807, 2.05) is 0 Å². The van der Waals surface area contributed by atoms with E-state index in [9.17, 15) is 18.3 Å². The number of phenols is 1. The fourth-order valence-corrected chi connectivity index (χ4v) is 4.20. The number of phenolic OH excluding ortho intramolecular Hbond substituents is 1. The van der Waals surface area contributed by atoms with Gasteiger partial charge in [0.05, 0.1) is 17.0 Å². The summed E-state index contributed by atoms with van der Waals surface area (Å²) in [6.07, 6.45) is 1.20. The number of hydrogen-bond donors (Lipinski definition) is 2. The van der Waals surface area contributed by atoms with Crippen LogP contribution in [0, 0.1) is 0 Å². The Morgan fingerprint density at radius 1 is 1.41 bits per heavy atom. The largest absolute Gasteiger partial charge is 0.507 e. The van der Waals surface area contributed by atoms with Crippen LogP contribution in [0.5, 0.6) is 5.75 Å². The molecule has 2 N–H and O–H groups in total. The molecule has 0 atom stereocenters. The van der Waals surface area contributed by atoms with Gasteiger partial charge in [0.15, 0.2) is 15.0 Å². The van der Waals surface area contributed by atoms with Gasteiger partial charge in [-0.3, -0.25) is 10.1 Å². The second-order valence-electron chi connectivity index (χ2n) is 4.69. The first-order valence-corrected chi connectivity index (χ1v) is 8.95. The summed E-state index contributed by atoms with van der Waals surface area (Å²) in [5.41, 5.74) is -0.0176. The summed E-state index contributed by atoms with van der Waals surface area (Å²) in [5.74, 6) is -0.851. The fourth-order valence-electron chi connectivity index (χ4n) is 1.54. The molecular formula is C13H13ClN2O4S2. The number of aromatic hydroxyl groups is 1. The molecule has 0 radical (unpaired) electrons. The van der Waals surface area contributed by atoms with Gasteiger partial charge in [-0.05, 0) is 32.0 Å². The summed E-state index contributed by atoms with van der Waals surface area (Å²) in [6.45, 7) is 3.13. The molecule has 22 heavy (non-hydrogen) atoms. The van der Waals surface area contributed by atoms with E-state index in [2.05, 4.69) is 10.3 Å². The third-order valence-corrected chi connectivity index (χ3v) is 6.61. The smallest absolute Gasteiger partial charge is 0.261 e. The van der Waals surface area contributed by atoms with Crippen molar-refractivity contribution in [1.29, 1.82) is 0 Å². The van der Waals surface area contributed by atoms with Crippen molar-refractivity contribution in [3.05, 3.63) is 35.0 Å². The van der Waals surface area contributed by atoms with Crippen molar-refractivity contribution in [2.75, 3.05) is 5.32 Å². The van der Waals surface area contributed by atoms with Gasteiger partial charge in [0.2, 0.25) is 0 Å². The average molecular weight is 361 g/mol. The molecule has 0 aliphatic carbocycles. The highest BCUT2D eigenvalue weighted by Gasteiger charge is 2.23. The van der Waals surface area contributed by atoms with Gasteiger partial charge in [-0.1, -0.05) is 22.9 Å². The first kappa shape index (κ1) is 16.7. The van der Waals surface area contributed by atoms with Crippen molar-refractivity contribution < 1.29 is 18.3 Å². The number of amides is 1. The van der Waals surface area contributed by atoms with E-state index in [0.717, 1.165) is 11.3 Å². The lowest BCUT2D eigenvalue weighted by Gasteiger charge is -2.05. The zero-order chi connectivity index (χ0) is 16.5. The molecule has 1 aromatic heterocycles. The van der Waals surface area contributed by atoms with Gasteiger partial charge >= 0.3 is 0 Å². The van der Waals surface area contributed by atoms with E-state index < -0.39 is 21.0 Å². The van der Waals surface area contributed by atoms with E-state index in [1.165, 1.54) is 24.4 Å². The third kappa shape index (κ3) is 3.40. The van der Waals surface area contributed by atoms with Crippen LogP contribution in [-0.2, 0) is 9.84 Å². The van der Waals surface area contributed by atoms with Crippen LogP contribution in [0.15, 0.2) is 28.6 Å². The number of carbonyl (C=O) groups is 1. The maximum absolute atomic E-state index is 12.1. The summed E-state index contributed by atoms with van der Waals surface area (Å²) in [7, 11) is -3.44. The number of benzene rings is 1. The highest BCUT2D eigenvalue weighted by atomic mass is 35.5. The summed E-state index contributed by atoms with van der Waals surface area (Å²) in [5, 5.41) is 12.0. The predicted octanol–water partition coefficient (Wildman–Crippen LogP) is 2.94. The number of rotatable bonds is 4. The van der Waals surface area contributed by atoms with Gasteiger partial charge in [0.1, 0.15) is 9.96 Å². The molecule has 0 spiro atoms. The number of carbonyl (C=O) groups excluding carboxylic acids is 1. The molecule has 0 fully saturated rings. The monoisotopic (exact) mass is 360 g/mol. The maximum Gasteiger partial charge on any atom is 0.261 e. The number of nitrogens with one attached hydrogen (secondary N) is 1. The number of thiazole rings is 1. The van der Waals surface area contributed by atoms with Gasteiger partial charge in [-0.25, -0.2) is 13.4 Å². The molecule has 0 saturated heterocycles. The lowest BCUT2D eigenvalue weighted by Crippen LogP contribution is -2.12. The predicted molar refractivity (Wildman–Crippen MR) is 85.5 cm³/mol. The Bertz CT molecular complexity index is 815. The van der Waals surface area contributed by atoms with Crippen molar-refractivity contribution >= 4 is 43.8 Å². The van der Waals surface area contributed by atoms with Gasteiger partial charge in [-0.15, -0.1) is 0 Å². The Morgan fingerprint density at radius 2 is 2.09 bits per heavy atom. The number of sulfone groups is 1.